The normalized spacial score (nSPS) is 13.7. The Hall–Kier alpha value is -2.95. The van der Waals surface area contributed by atoms with E-state index >= 15 is 0 Å². The number of aliphatic hydroxyl groups is 1. The molecule has 7 nitrogen and oxygen atoms in total. The van der Waals surface area contributed by atoms with E-state index in [4.69, 9.17) is 0 Å². The van der Waals surface area contributed by atoms with Crippen LogP contribution in [0.3, 0.4) is 0 Å². The van der Waals surface area contributed by atoms with Crippen molar-refractivity contribution >= 4 is 11.6 Å². The van der Waals surface area contributed by atoms with Crippen LogP contribution in [-0.4, -0.2) is 36.7 Å². The zero-order chi connectivity index (χ0) is 22.3. The zero-order valence-corrected chi connectivity index (χ0v) is 16.7. The first-order valence-electron chi connectivity index (χ1n) is 9.10. The maximum Gasteiger partial charge on any atom is 0.573 e. The molecule has 30 heavy (non-hydrogen) atoms. The van der Waals surface area contributed by atoms with Crippen molar-refractivity contribution in [1.29, 1.82) is 0 Å². The number of nitrogens with zero attached hydrogens (tertiary/aromatic N) is 4. The molecule has 3 rings (SSSR count). The van der Waals surface area contributed by atoms with Crippen LogP contribution in [0.5, 0.6) is 5.75 Å². The number of fused-ring (bicyclic) bond motifs is 1. The average molecular weight is 427 g/mol. The van der Waals surface area contributed by atoms with E-state index in [1.165, 1.54) is 24.7 Å². The van der Waals surface area contributed by atoms with Gasteiger partial charge in [-0.1, -0.05) is 19.9 Å². The van der Waals surface area contributed by atoms with Gasteiger partial charge in [-0.15, -0.1) is 13.2 Å². The number of halogens is 4. The molecule has 1 unspecified atom stereocenters. The van der Waals surface area contributed by atoms with Crippen LogP contribution in [0.2, 0.25) is 0 Å². The standard InChI is InChI=1S/C19H21F4N5O2/c1-10(2)14-8-15(28-17(26-14)24-9-25-28)27-16(18(3,4)29)12-6-5-11(7-13(12)20)30-19(21,22)23/h5-10,16,27,29H,1-4H3. The van der Waals surface area contributed by atoms with Crippen molar-refractivity contribution in [3.63, 3.8) is 0 Å². The Labute approximate surface area is 169 Å². The molecule has 0 bridgehead atoms. The molecule has 162 valence electrons. The third kappa shape index (κ3) is 4.78. The second-order valence-electron chi connectivity index (χ2n) is 7.65. The Kier molecular flexibility index (Phi) is 5.59. The number of rotatable bonds is 6. The number of aromatic nitrogens is 4. The van der Waals surface area contributed by atoms with E-state index in [-0.39, 0.29) is 11.5 Å². The second-order valence-corrected chi connectivity index (χ2v) is 7.65. The minimum absolute atomic E-state index is 0.0480. The number of anilines is 1. The molecule has 2 N–H and O–H groups in total. The summed E-state index contributed by atoms with van der Waals surface area (Å²) < 4.78 is 57.1. The number of ether oxygens (including phenoxy) is 1. The van der Waals surface area contributed by atoms with Gasteiger partial charge in [-0.25, -0.2) is 9.37 Å². The lowest BCUT2D eigenvalue weighted by atomic mass is 9.91. The van der Waals surface area contributed by atoms with Crippen LogP contribution in [-0.2, 0) is 0 Å². The van der Waals surface area contributed by atoms with Gasteiger partial charge >= 0.3 is 6.36 Å². The summed E-state index contributed by atoms with van der Waals surface area (Å²) in [5, 5.41) is 17.8. The van der Waals surface area contributed by atoms with Crippen LogP contribution in [0, 0.1) is 5.82 Å². The van der Waals surface area contributed by atoms with E-state index in [0.717, 1.165) is 12.1 Å². The van der Waals surface area contributed by atoms with Gasteiger partial charge in [0.15, 0.2) is 0 Å². The minimum Gasteiger partial charge on any atom is -0.406 e. The molecule has 0 radical (unpaired) electrons. The van der Waals surface area contributed by atoms with Crippen LogP contribution >= 0.6 is 0 Å². The monoisotopic (exact) mass is 427 g/mol. The van der Waals surface area contributed by atoms with Gasteiger partial charge in [-0.2, -0.15) is 14.6 Å². The molecule has 1 aromatic carbocycles. The maximum absolute atomic E-state index is 14.7. The molecule has 0 saturated carbocycles. The van der Waals surface area contributed by atoms with Gasteiger partial charge < -0.3 is 15.2 Å². The predicted octanol–water partition coefficient (Wildman–Crippen LogP) is 4.21. The summed E-state index contributed by atoms with van der Waals surface area (Å²) in [7, 11) is 0. The summed E-state index contributed by atoms with van der Waals surface area (Å²) in [5.74, 6) is -0.897. The lowest BCUT2D eigenvalue weighted by Gasteiger charge is -2.32. The van der Waals surface area contributed by atoms with Crippen molar-refractivity contribution in [1.82, 2.24) is 19.6 Å². The van der Waals surface area contributed by atoms with Gasteiger partial charge in [0.2, 0.25) is 0 Å². The number of nitrogens with one attached hydrogen (secondary N) is 1. The Balaban J connectivity index is 2.03. The lowest BCUT2D eigenvalue weighted by Crippen LogP contribution is -2.35. The highest BCUT2D eigenvalue weighted by atomic mass is 19.4. The molecule has 11 heteroatoms. The summed E-state index contributed by atoms with van der Waals surface area (Å²) in [6.45, 7) is 6.78. The van der Waals surface area contributed by atoms with E-state index in [2.05, 4.69) is 25.1 Å². The van der Waals surface area contributed by atoms with Crippen molar-refractivity contribution in [3.05, 3.63) is 47.7 Å². The molecule has 2 heterocycles. The molecule has 0 fully saturated rings. The van der Waals surface area contributed by atoms with Crippen LogP contribution in [0.4, 0.5) is 23.4 Å². The largest absolute Gasteiger partial charge is 0.573 e. The molecular formula is C19H21F4N5O2. The van der Waals surface area contributed by atoms with Gasteiger partial charge in [-0.05, 0) is 25.8 Å². The van der Waals surface area contributed by atoms with E-state index < -0.39 is 29.6 Å². The van der Waals surface area contributed by atoms with Crippen molar-refractivity contribution in [2.24, 2.45) is 0 Å². The SMILES string of the molecule is CC(C)c1cc(NC(c2ccc(OC(F)(F)F)cc2F)C(C)(C)O)n2ncnc2n1. The Bertz CT molecular complexity index is 1040. The van der Waals surface area contributed by atoms with E-state index in [1.54, 1.807) is 6.07 Å². The van der Waals surface area contributed by atoms with Crippen molar-refractivity contribution in [2.75, 3.05) is 5.32 Å². The fraction of sp³-hybridized carbons (Fsp3) is 0.421. The summed E-state index contributed by atoms with van der Waals surface area (Å²) in [6, 6.07) is 3.41. The smallest absolute Gasteiger partial charge is 0.406 e. The van der Waals surface area contributed by atoms with Gasteiger partial charge in [-0.3, -0.25) is 0 Å². The van der Waals surface area contributed by atoms with Gasteiger partial charge in [0, 0.05) is 17.7 Å². The van der Waals surface area contributed by atoms with Crippen LogP contribution in [0.25, 0.3) is 5.78 Å². The Morgan fingerprint density at radius 3 is 2.43 bits per heavy atom. The minimum atomic E-state index is -4.94. The number of benzene rings is 1. The van der Waals surface area contributed by atoms with Crippen LogP contribution in [0.1, 0.15) is 50.9 Å². The number of hydrogen-bond donors (Lipinski definition) is 2. The highest BCUT2D eigenvalue weighted by molar-refractivity contribution is 5.48. The lowest BCUT2D eigenvalue weighted by molar-refractivity contribution is -0.274. The summed E-state index contributed by atoms with van der Waals surface area (Å²) in [5.41, 5.74) is -0.850. The molecule has 0 aliphatic rings. The van der Waals surface area contributed by atoms with Crippen LogP contribution < -0.4 is 10.1 Å². The first-order chi connectivity index (χ1) is 13.8. The maximum atomic E-state index is 14.7. The quantitative estimate of drug-likeness (QED) is 0.574. The van der Waals surface area contributed by atoms with Gasteiger partial charge in [0.05, 0.1) is 17.3 Å². The highest BCUT2D eigenvalue weighted by Crippen LogP contribution is 2.34. The van der Waals surface area contributed by atoms with Crippen molar-refractivity contribution in [3.8, 4) is 5.75 Å². The fourth-order valence-electron chi connectivity index (χ4n) is 2.95. The summed E-state index contributed by atoms with van der Waals surface area (Å²) >= 11 is 0. The summed E-state index contributed by atoms with van der Waals surface area (Å²) in [4.78, 5) is 8.46. The fourth-order valence-corrected chi connectivity index (χ4v) is 2.95. The second kappa shape index (κ2) is 7.71. The van der Waals surface area contributed by atoms with Crippen LogP contribution in [0.15, 0.2) is 30.6 Å². The Morgan fingerprint density at radius 2 is 1.87 bits per heavy atom. The van der Waals surface area contributed by atoms with E-state index in [1.807, 2.05) is 13.8 Å². The molecule has 1 atom stereocenters. The first kappa shape index (κ1) is 21.8. The topological polar surface area (TPSA) is 84.6 Å². The Morgan fingerprint density at radius 1 is 1.17 bits per heavy atom. The number of hydrogen-bond acceptors (Lipinski definition) is 6. The highest BCUT2D eigenvalue weighted by Gasteiger charge is 2.34. The molecule has 3 aromatic rings. The van der Waals surface area contributed by atoms with E-state index in [9.17, 15) is 22.7 Å². The van der Waals surface area contributed by atoms with Crippen molar-refractivity contribution in [2.45, 2.75) is 51.6 Å². The van der Waals surface area contributed by atoms with Gasteiger partial charge in [0.1, 0.15) is 23.7 Å². The van der Waals surface area contributed by atoms with Crippen molar-refractivity contribution < 1.29 is 27.4 Å². The molecule has 0 spiro atoms. The summed E-state index contributed by atoms with van der Waals surface area (Å²) in [6.07, 6.45) is -3.63. The molecule has 2 aromatic heterocycles. The molecule has 0 amide bonds. The molecule has 0 saturated heterocycles. The predicted molar refractivity (Wildman–Crippen MR) is 101 cm³/mol. The average Bonchev–Trinajstić information content (AvgIpc) is 3.06. The third-order valence-corrected chi connectivity index (χ3v) is 4.38. The van der Waals surface area contributed by atoms with E-state index in [0.29, 0.717) is 23.4 Å². The zero-order valence-electron chi connectivity index (χ0n) is 16.7. The molecule has 0 aliphatic heterocycles. The number of alkyl halides is 3. The van der Waals surface area contributed by atoms with Gasteiger partial charge in [0.25, 0.3) is 5.78 Å². The third-order valence-electron chi connectivity index (χ3n) is 4.38. The molecular weight excluding hydrogens is 406 g/mol. The first-order valence-corrected chi connectivity index (χ1v) is 9.10. The molecule has 0 aliphatic carbocycles.